The summed E-state index contributed by atoms with van der Waals surface area (Å²) >= 11 is 0. The van der Waals surface area contributed by atoms with Crippen LogP contribution in [0.2, 0.25) is 0 Å². The number of aliphatic hydroxyl groups excluding tert-OH is 1. The number of nitrogens with zero attached hydrogens (tertiary/aromatic N) is 2. The van der Waals surface area contributed by atoms with Crippen LogP contribution in [-0.4, -0.2) is 79.8 Å². The third kappa shape index (κ3) is 4.42. The highest BCUT2D eigenvalue weighted by molar-refractivity contribution is 5.96. The number of hydrogen-bond donors (Lipinski definition) is 1. The third-order valence-electron chi connectivity index (χ3n) is 6.33. The van der Waals surface area contributed by atoms with Crippen molar-refractivity contribution in [3.63, 3.8) is 0 Å². The molecule has 1 N–H and O–H groups in total. The van der Waals surface area contributed by atoms with Crippen molar-refractivity contribution < 1.29 is 24.1 Å². The number of aliphatic hydroxyl groups is 1. The molecule has 1 aromatic rings. The van der Waals surface area contributed by atoms with Gasteiger partial charge in [-0.3, -0.25) is 4.79 Å². The molecule has 4 rings (SSSR count). The second kappa shape index (κ2) is 8.73. The number of ether oxygens (including phenoxy) is 3. The predicted octanol–water partition coefficient (Wildman–Crippen LogP) is 1.52. The lowest BCUT2D eigenvalue weighted by Crippen LogP contribution is -2.54. The molecule has 1 saturated carbocycles. The maximum atomic E-state index is 13.1. The summed E-state index contributed by atoms with van der Waals surface area (Å²) in [6.07, 6.45) is 1.91. The van der Waals surface area contributed by atoms with Gasteiger partial charge in [0, 0.05) is 44.7 Å². The third-order valence-corrected chi connectivity index (χ3v) is 6.33. The van der Waals surface area contributed by atoms with Crippen molar-refractivity contribution in [1.82, 2.24) is 9.80 Å². The highest BCUT2D eigenvalue weighted by Gasteiger charge is 2.47. The molecule has 0 spiro atoms. The van der Waals surface area contributed by atoms with Crippen LogP contribution in [0.25, 0.3) is 0 Å². The molecule has 2 aliphatic heterocycles. The zero-order valence-electron chi connectivity index (χ0n) is 17.1. The molecule has 4 atom stereocenters. The first-order chi connectivity index (χ1) is 14.0. The molecule has 1 saturated heterocycles. The predicted molar refractivity (Wildman–Crippen MR) is 108 cm³/mol. The van der Waals surface area contributed by atoms with E-state index in [1.165, 1.54) is 6.26 Å². The molecule has 7 heteroatoms. The van der Waals surface area contributed by atoms with Gasteiger partial charge >= 0.3 is 0 Å². The van der Waals surface area contributed by atoms with E-state index in [1.807, 2.05) is 12.1 Å². The molecular formula is C22H30N2O5. The lowest BCUT2D eigenvalue weighted by Gasteiger charge is -2.44. The molecule has 2 heterocycles. The Balaban J connectivity index is 1.46. The average molecular weight is 402 g/mol. The molecular weight excluding hydrogens is 372 g/mol. The summed E-state index contributed by atoms with van der Waals surface area (Å²) in [6, 6.07) is 7.15. The van der Waals surface area contributed by atoms with Crippen molar-refractivity contribution in [3.05, 3.63) is 36.3 Å². The van der Waals surface area contributed by atoms with Crippen LogP contribution in [-0.2, 0) is 9.53 Å². The van der Waals surface area contributed by atoms with Crippen LogP contribution in [0.15, 0.2) is 36.3 Å². The van der Waals surface area contributed by atoms with Crippen LogP contribution < -0.4 is 9.47 Å². The zero-order chi connectivity index (χ0) is 20.4. The molecule has 7 nitrogen and oxygen atoms in total. The molecule has 3 aliphatic rings. The second-order valence-electron chi connectivity index (χ2n) is 8.25. The van der Waals surface area contributed by atoms with E-state index in [9.17, 15) is 9.90 Å². The molecule has 0 aromatic heterocycles. The number of carbonyl (C=O) groups is 1. The quantitative estimate of drug-likeness (QED) is 0.801. The van der Waals surface area contributed by atoms with Crippen LogP contribution in [0.3, 0.4) is 0 Å². The number of benzene rings is 1. The van der Waals surface area contributed by atoms with E-state index < -0.39 is 6.10 Å². The van der Waals surface area contributed by atoms with Crippen molar-refractivity contribution in [3.8, 4) is 11.5 Å². The van der Waals surface area contributed by atoms with Gasteiger partial charge in [-0.1, -0.05) is 6.07 Å². The summed E-state index contributed by atoms with van der Waals surface area (Å²) in [5, 5.41) is 10.6. The number of rotatable bonds is 5. The summed E-state index contributed by atoms with van der Waals surface area (Å²) in [7, 11) is 3.71. The highest BCUT2D eigenvalue weighted by Crippen LogP contribution is 2.38. The molecule has 158 valence electrons. The number of allylic oxidation sites excluding steroid dienone is 1. The molecule has 4 unspecified atom stereocenters. The van der Waals surface area contributed by atoms with Gasteiger partial charge in [0.2, 0.25) is 11.5 Å². The van der Waals surface area contributed by atoms with Gasteiger partial charge in [-0.15, -0.1) is 0 Å². The minimum atomic E-state index is -0.446. The largest absolute Gasteiger partial charge is 0.497 e. The Kier molecular flexibility index (Phi) is 6.08. The summed E-state index contributed by atoms with van der Waals surface area (Å²) in [5.41, 5.74) is 0. The molecule has 0 radical (unpaired) electrons. The first kappa shape index (κ1) is 20.2. The van der Waals surface area contributed by atoms with Gasteiger partial charge in [-0.05, 0) is 32.0 Å². The molecule has 0 bridgehead atoms. The molecule has 1 aromatic carbocycles. The van der Waals surface area contributed by atoms with Gasteiger partial charge in [-0.25, -0.2) is 0 Å². The van der Waals surface area contributed by atoms with Gasteiger partial charge in [0.25, 0.3) is 0 Å². The van der Waals surface area contributed by atoms with Gasteiger partial charge in [-0.2, -0.15) is 0 Å². The van der Waals surface area contributed by atoms with Crippen LogP contribution in [0, 0.1) is 11.8 Å². The van der Waals surface area contributed by atoms with E-state index in [4.69, 9.17) is 14.2 Å². The molecule has 2 fully saturated rings. The minimum Gasteiger partial charge on any atom is -0.497 e. The fourth-order valence-electron chi connectivity index (χ4n) is 4.52. The van der Waals surface area contributed by atoms with Crippen LogP contribution >= 0.6 is 0 Å². The maximum Gasteiger partial charge on any atom is 0.208 e. The van der Waals surface area contributed by atoms with Gasteiger partial charge in [0.05, 0.1) is 19.1 Å². The number of piperazine rings is 1. The van der Waals surface area contributed by atoms with Crippen LogP contribution in [0.1, 0.15) is 12.8 Å². The Morgan fingerprint density at radius 3 is 2.69 bits per heavy atom. The second-order valence-corrected chi connectivity index (χ2v) is 8.25. The van der Waals surface area contributed by atoms with Gasteiger partial charge in [0.1, 0.15) is 23.9 Å². The van der Waals surface area contributed by atoms with Crippen molar-refractivity contribution in [2.24, 2.45) is 11.8 Å². The molecule has 0 amide bonds. The topological polar surface area (TPSA) is 71.5 Å². The summed E-state index contributed by atoms with van der Waals surface area (Å²) in [6.45, 7) is 4.75. The number of hydrogen-bond acceptors (Lipinski definition) is 7. The summed E-state index contributed by atoms with van der Waals surface area (Å²) < 4.78 is 17.0. The number of likely N-dealkylation sites (N-methyl/N-ethyl adjacent to an activating group) is 1. The first-order valence-electron chi connectivity index (χ1n) is 10.4. The van der Waals surface area contributed by atoms with Gasteiger partial charge < -0.3 is 29.1 Å². The lowest BCUT2D eigenvalue weighted by atomic mass is 9.73. The number of fused-ring (bicyclic) bond motifs is 1. The van der Waals surface area contributed by atoms with Gasteiger partial charge in [0.15, 0.2) is 0 Å². The summed E-state index contributed by atoms with van der Waals surface area (Å²) in [4.78, 5) is 17.8. The molecule has 1 aliphatic carbocycles. The Morgan fingerprint density at radius 1 is 1.17 bits per heavy atom. The van der Waals surface area contributed by atoms with Crippen molar-refractivity contribution in [2.45, 2.75) is 25.0 Å². The SMILES string of the molecule is COc1cccc(OC2=COC3C(CCC(O)C3CN3CCN(C)CC3)C2=O)c1. The Morgan fingerprint density at radius 2 is 1.93 bits per heavy atom. The average Bonchev–Trinajstić information content (AvgIpc) is 2.73. The Hall–Kier alpha value is -2.09. The Bertz CT molecular complexity index is 759. The van der Waals surface area contributed by atoms with Crippen LogP contribution in [0.4, 0.5) is 0 Å². The fourth-order valence-corrected chi connectivity index (χ4v) is 4.52. The normalized spacial score (nSPS) is 30.9. The van der Waals surface area contributed by atoms with Crippen molar-refractivity contribution in [2.75, 3.05) is 46.9 Å². The number of ketones is 1. The summed E-state index contributed by atoms with van der Waals surface area (Å²) in [5.74, 6) is 1.03. The van der Waals surface area contributed by atoms with Crippen molar-refractivity contribution >= 4 is 5.78 Å². The van der Waals surface area contributed by atoms with Crippen molar-refractivity contribution in [1.29, 1.82) is 0 Å². The maximum absolute atomic E-state index is 13.1. The number of methoxy groups -OCH3 is 1. The fraction of sp³-hybridized carbons (Fsp3) is 0.591. The standard InChI is InChI=1S/C22H30N2O5/c1-23-8-10-24(11-9-23)13-18-19(25)7-6-17-21(26)20(14-28-22(17)18)29-16-5-3-4-15(12-16)27-2/h3-5,12,14,17-19,22,25H,6-11,13H2,1-2H3. The van der Waals surface area contributed by atoms with E-state index in [1.54, 1.807) is 19.2 Å². The van der Waals surface area contributed by atoms with E-state index in [0.717, 1.165) is 32.7 Å². The smallest absolute Gasteiger partial charge is 0.208 e. The Labute approximate surface area is 171 Å². The van der Waals surface area contributed by atoms with E-state index in [-0.39, 0.29) is 29.5 Å². The lowest BCUT2D eigenvalue weighted by molar-refractivity contribution is -0.140. The van der Waals surface area contributed by atoms with E-state index in [2.05, 4.69) is 16.8 Å². The monoisotopic (exact) mass is 402 g/mol. The van der Waals surface area contributed by atoms with E-state index >= 15 is 0 Å². The number of carbonyl (C=O) groups excluding carboxylic acids is 1. The molecule has 29 heavy (non-hydrogen) atoms. The number of Topliss-reactive ketones (excluding diaryl/α,β-unsaturated/α-hetero) is 1. The van der Waals surface area contributed by atoms with E-state index in [0.29, 0.717) is 24.3 Å². The highest BCUT2D eigenvalue weighted by atomic mass is 16.5. The zero-order valence-corrected chi connectivity index (χ0v) is 17.1. The van der Waals surface area contributed by atoms with Crippen LogP contribution in [0.5, 0.6) is 11.5 Å². The minimum absolute atomic E-state index is 0.0423. The first-order valence-corrected chi connectivity index (χ1v) is 10.4.